The third-order valence-electron chi connectivity index (χ3n) is 3.27. The molecule has 0 aliphatic rings. The van der Waals surface area contributed by atoms with Gasteiger partial charge in [-0.2, -0.15) is 0 Å². The van der Waals surface area contributed by atoms with Crippen molar-refractivity contribution < 1.29 is 13.6 Å². The summed E-state index contributed by atoms with van der Waals surface area (Å²) in [6.07, 6.45) is 1.91. The number of aromatic nitrogens is 2. The van der Waals surface area contributed by atoms with E-state index in [1.807, 2.05) is 6.92 Å². The zero-order valence-electron chi connectivity index (χ0n) is 13.0. The third kappa shape index (κ3) is 4.45. The Morgan fingerprint density at radius 3 is 2.61 bits per heavy atom. The number of hydrogen-bond donors (Lipinski definition) is 1. The molecule has 0 unspecified atom stereocenters. The van der Waals surface area contributed by atoms with Crippen molar-refractivity contribution >= 4 is 17.4 Å². The van der Waals surface area contributed by atoms with Crippen molar-refractivity contribution in [3.05, 3.63) is 47.7 Å². The van der Waals surface area contributed by atoms with Gasteiger partial charge in [0.15, 0.2) is 11.5 Å². The van der Waals surface area contributed by atoms with Crippen LogP contribution in [0.15, 0.2) is 30.3 Å². The number of benzene rings is 1. The van der Waals surface area contributed by atoms with Gasteiger partial charge in [0.25, 0.3) is 5.91 Å². The number of hydrogen-bond acceptors (Lipinski definition) is 4. The number of carbonyl (C=O) groups excluding carboxylic acids is 1. The van der Waals surface area contributed by atoms with Crippen molar-refractivity contribution in [1.29, 1.82) is 0 Å². The molecule has 1 aromatic heterocycles. The molecule has 0 saturated carbocycles. The first kappa shape index (κ1) is 16.8. The van der Waals surface area contributed by atoms with Crippen LogP contribution in [0.3, 0.4) is 0 Å². The molecule has 0 fully saturated rings. The van der Waals surface area contributed by atoms with Crippen LogP contribution in [0.25, 0.3) is 0 Å². The van der Waals surface area contributed by atoms with E-state index >= 15 is 0 Å². The van der Waals surface area contributed by atoms with Gasteiger partial charge < -0.3 is 10.2 Å². The highest BCUT2D eigenvalue weighted by Gasteiger charge is 2.13. The summed E-state index contributed by atoms with van der Waals surface area (Å²) in [7, 11) is 1.71. The highest BCUT2D eigenvalue weighted by molar-refractivity contribution is 5.92. The molecule has 5 nitrogen and oxygen atoms in total. The van der Waals surface area contributed by atoms with Crippen LogP contribution in [0.5, 0.6) is 0 Å². The first-order valence-electron chi connectivity index (χ1n) is 7.32. The second kappa shape index (κ2) is 7.62. The summed E-state index contributed by atoms with van der Waals surface area (Å²) in [4.78, 5) is 13.7. The Balaban J connectivity index is 2.05. The molecule has 1 amide bonds. The number of halogens is 2. The number of carbonyl (C=O) groups is 1. The molecule has 2 aromatic rings. The fourth-order valence-electron chi connectivity index (χ4n) is 1.93. The van der Waals surface area contributed by atoms with Gasteiger partial charge >= 0.3 is 0 Å². The van der Waals surface area contributed by atoms with Gasteiger partial charge in [-0.05, 0) is 30.7 Å². The summed E-state index contributed by atoms with van der Waals surface area (Å²) in [5.41, 5.74) is 0.300. The lowest BCUT2D eigenvalue weighted by Crippen LogP contribution is -2.28. The van der Waals surface area contributed by atoms with Gasteiger partial charge in [0.2, 0.25) is 0 Å². The maximum Gasteiger partial charge on any atom is 0.274 e. The van der Waals surface area contributed by atoms with Gasteiger partial charge in [0.1, 0.15) is 11.6 Å². The summed E-state index contributed by atoms with van der Waals surface area (Å²) < 4.78 is 26.4. The molecule has 2 rings (SSSR count). The van der Waals surface area contributed by atoms with Gasteiger partial charge in [-0.15, -0.1) is 10.2 Å². The van der Waals surface area contributed by atoms with Crippen LogP contribution in [-0.2, 0) is 0 Å². The highest BCUT2D eigenvalue weighted by Crippen LogP contribution is 2.19. The number of nitrogens with zero attached hydrogens (tertiary/aromatic N) is 3. The quantitative estimate of drug-likeness (QED) is 0.886. The first-order chi connectivity index (χ1) is 11.0. The molecule has 1 heterocycles. The van der Waals surface area contributed by atoms with Crippen LogP contribution in [0.2, 0.25) is 0 Å². The Hall–Kier alpha value is -2.57. The van der Waals surface area contributed by atoms with E-state index in [1.54, 1.807) is 11.9 Å². The van der Waals surface area contributed by atoms with E-state index < -0.39 is 11.6 Å². The second-order valence-corrected chi connectivity index (χ2v) is 5.13. The molecule has 122 valence electrons. The average Bonchev–Trinajstić information content (AvgIpc) is 2.55. The van der Waals surface area contributed by atoms with Crippen LogP contribution in [0, 0.1) is 11.6 Å². The van der Waals surface area contributed by atoms with Crippen molar-refractivity contribution in [2.24, 2.45) is 0 Å². The van der Waals surface area contributed by atoms with Crippen LogP contribution < -0.4 is 5.32 Å². The Kier molecular flexibility index (Phi) is 5.56. The largest absolute Gasteiger partial charge is 0.340 e. The van der Waals surface area contributed by atoms with Crippen molar-refractivity contribution in [1.82, 2.24) is 15.1 Å². The monoisotopic (exact) mass is 320 g/mol. The molecule has 23 heavy (non-hydrogen) atoms. The Morgan fingerprint density at radius 2 is 2.00 bits per heavy atom. The van der Waals surface area contributed by atoms with E-state index in [2.05, 4.69) is 15.5 Å². The van der Waals surface area contributed by atoms with Crippen LogP contribution >= 0.6 is 0 Å². The number of anilines is 2. The van der Waals surface area contributed by atoms with Gasteiger partial charge in [-0.3, -0.25) is 4.79 Å². The van der Waals surface area contributed by atoms with E-state index in [0.29, 0.717) is 6.54 Å². The molecule has 0 aliphatic heterocycles. The van der Waals surface area contributed by atoms with Crippen molar-refractivity contribution in [2.75, 3.05) is 18.9 Å². The van der Waals surface area contributed by atoms with Crippen LogP contribution in [0.4, 0.5) is 20.3 Å². The Bertz CT molecular complexity index is 676. The molecule has 0 radical (unpaired) electrons. The lowest BCUT2D eigenvalue weighted by Gasteiger charge is -2.15. The minimum atomic E-state index is -0.730. The second-order valence-electron chi connectivity index (χ2n) is 5.13. The average molecular weight is 320 g/mol. The highest BCUT2D eigenvalue weighted by atomic mass is 19.1. The molecule has 1 N–H and O–H groups in total. The topological polar surface area (TPSA) is 58.1 Å². The molecule has 1 aromatic carbocycles. The lowest BCUT2D eigenvalue weighted by atomic mass is 10.3. The van der Waals surface area contributed by atoms with Crippen LogP contribution in [0.1, 0.15) is 30.3 Å². The minimum Gasteiger partial charge on any atom is -0.340 e. The number of rotatable bonds is 6. The zero-order valence-corrected chi connectivity index (χ0v) is 13.0. The molecule has 7 heteroatoms. The van der Waals surface area contributed by atoms with E-state index in [1.165, 1.54) is 18.2 Å². The minimum absolute atomic E-state index is 0.0832. The molecule has 0 atom stereocenters. The predicted octanol–water partition coefficient (Wildman–Crippen LogP) is 3.37. The van der Waals surface area contributed by atoms with E-state index in [9.17, 15) is 13.6 Å². The molecule has 0 bridgehead atoms. The molecular formula is C16H18F2N4O. The summed E-state index contributed by atoms with van der Waals surface area (Å²) in [5, 5.41) is 10.4. The van der Waals surface area contributed by atoms with Crippen molar-refractivity contribution in [2.45, 2.75) is 19.8 Å². The maximum absolute atomic E-state index is 13.6. The fourth-order valence-corrected chi connectivity index (χ4v) is 1.93. The SMILES string of the molecule is CCCCN(C)C(=O)c1ccc(Nc2ccc(F)cc2F)nn1. The Labute approximate surface area is 133 Å². The Morgan fingerprint density at radius 1 is 1.22 bits per heavy atom. The summed E-state index contributed by atoms with van der Waals surface area (Å²) in [6.45, 7) is 2.70. The molecule has 0 saturated heterocycles. The van der Waals surface area contributed by atoms with Gasteiger partial charge in [-0.1, -0.05) is 13.3 Å². The summed E-state index contributed by atoms with van der Waals surface area (Å²) >= 11 is 0. The summed E-state index contributed by atoms with van der Waals surface area (Å²) in [6, 6.07) is 6.22. The summed E-state index contributed by atoms with van der Waals surface area (Å²) in [5.74, 6) is -1.34. The predicted molar refractivity (Wildman–Crippen MR) is 83.5 cm³/mol. The standard InChI is InChI=1S/C16H18F2N4O/c1-3-4-9-22(2)16(23)14-7-8-15(21-20-14)19-13-6-5-11(17)10-12(13)18/h5-8,10H,3-4,9H2,1-2H3,(H,19,21). The number of amides is 1. The van der Waals surface area contributed by atoms with Crippen LogP contribution in [-0.4, -0.2) is 34.6 Å². The van der Waals surface area contributed by atoms with Gasteiger partial charge in [0, 0.05) is 19.7 Å². The molecule has 0 aliphatic carbocycles. The first-order valence-corrected chi connectivity index (χ1v) is 7.32. The maximum atomic E-state index is 13.6. The molecular weight excluding hydrogens is 302 g/mol. The smallest absolute Gasteiger partial charge is 0.274 e. The lowest BCUT2D eigenvalue weighted by molar-refractivity contribution is 0.0786. The van der Waals surface area contributed by atoms with Gasteiger partial charge in [-0.25, -0.2) is 8.78 Å². The van der Waals surface area contributed by atoms with Crippen molar-refractivity contribution in [3.8, 4) is 0 Å². The van der Waals surface area contributed by atoms with Gasteiger partial charge in [0.05, 0.1) is 5.69 Å². The number of nitrogens with one attached hydrogen (secondary N) is 1. The molecule has 0 spiro atoms. The zero-order chi connectivity index (χ0) is 16.8. The van der Waals surface area contributed by atoms with E-state index in [0.717, 1.165) is 25.0 Å². The fraction of sp³-hybridized carbons (Fsp3) is 0.312. The van der Waals surface area contributed by atoms with E-state index in [4.69, 9.17) is 0 Å². The normalized spacial score (nSPS) is 10.4. The third-order valence-corrected chi connectivity index (χ3v) is 3.27. The number of unbranched alkanes of at least 4 members (excludes halogenated alkanes) is 1. The van der Waals surface area contributed by atoms with Crippen molar-refractivity contribution in [3.63, 3.8) is 0 Å². The van der Waals surface area contributed by atoms with E-state index in [-0.39, 0.29) is 23.1 Å².